The molecule has 202 valence electrons. The quantitative estimate of drug-likeness (QED) is 0.243. The molecular formula is C32H41N3O3. The zero-order valence-corrected chi connectivity index (χ0v) is 22.7. The minimum atomic E-state index is -0.166. The first-order valence-electron chi connectivity index (χ1n) is 13.9. The van der Waals surface area contributed by atoms with E-state index in [0.29, 0.717) is 19.5 Å². The van der Waals surface area contributed by atoms with Crippen LogP contribution in [-0.4, -0.2) is 79.5 Å². The van der Waals surface area contributed by atoms with Crippen molar-refractivity contribution < 1.29 is 14.3 Å². The van der Waals surface area contributed by atoms with Crippen molar-refractivity contribution in [1.29, 1.82) is 0 Å². The van der Waals surface area contributed by atoms with Crippen molar-refractivity contribution in [2.45, 2.75) is 38.6 Å². The lowest BCUT2D eigenvalue weighted by atomic mass is 10.0. The predicted octanol–water partition coefficient (Wildman–Crippen LogP) is 4.76. The molecule has 1 fully saturated rings. The van der Waals surface area contributed by atoms with E-state index in [0.717, 1.165) is 65.0 Å². The molecule has 1 heterocycles. The van der Waals surface area contributed by atoms with Crippen LogP contribution in [0.25, 0.3) is 10.8 Å². The molecule has 0 saturated carbocycles. The summed E-state index contributed by atoms with van der Waals surface area (Å²) in [7, 11) is 1.43. The molecule has 0 aliphatic carbocycles. The zero-order chi connectivity index (χ0) is 26.6. The number of amides is 1. The molecule has 1 aliphatic heterocycles. The largest absolute Gasteiger partial charge is 0.469 e. The van der Waals surface area contributed by atoms with Gasteiger partial charge in [0.1, 0.15) is 0 Å². The molecule has 4 rings (SSSR count). The summed E-state index contributed by atoms with van der Waals surface area (Å²) < 4.78 is 4.75. The number of carbonyl (C=O) groups excluding carboxylic acids is 2. The van der Waals surface area contributed by atoms with E-state index < -0.39 is 0 Å². The Morgan fingerprint density at radius 2 is 1.50 bits per heavy atom. The van der Waals surface area contributed by atoms with Crippen LogP contribution < -0.4 is 0 Å². The van der Waals surface area contributed by atoms with Crippen LogP contribution in [0.2, 0.25) is 0 Å². The van der Waals surface area contributed by atoms with Gasteiger partial charge < -0.3 is 9.64 Å². The van der Waals surface area contributed by atoms with Gasteiger partial charge in [-0.2, -0.15) is 0 Å². The molecule has 6 nitrogen and oxygen atoms in total. The summed E-state index contributed by atoms with van der Waals surface area (Å²) in [5.41, 5.74) is 2.62. The standard InChI is InChI=1S/C32H41N3O3/c1-38-32(37)17-6-3-9-19-35(20-18-29-15-10-14-28-13-7-8-16-30(28)29)31(36)26-34-23-21-33(22-24-34)25-27-11-4-2-5-12-27/h2,4-5,7-8,10-16H,3,6,9,17-26H2,1H3. The number of nitrogens with zero attached hydrogens (tertiary/aromatic N) is 3. The Bertz CT molecular complexity index is 1150. The van der Waals surface area contributed by atoms with Crippen molar-refractivity contribution in [3.63, 3.8) is 0 Å². The first kappa shape index (κ1) is 27.8. The van der Waals surface area contributed by atoms with E-state index in [1.165, 1.54) is 29.0 Å². The highest BCUT2D eigenvalue weighted by Gasteiger charge is 2.22. The number of ether oxygens (including phenoxy) is 1. The lowest BCUT2D eigenvalue weighted by molar-refractivity contribution is -0.140. The molecule has 0 radical (unpaired) electrons. The lowest BCUT2D eigenvalue weighted by Crippen LogP contribution is -2.50. The van der Waals surface area contributed by atoms with E-state index in [-0.39, 0.29) is 11.9 Å². The maximum Gasteiger partial charge on any atom is 0.305 e. The topological polar surface area (TPSA) is 53.1 Å². The molecule has 0 unspecified atom stereocenters. The molecule has 3 aromatic rings. The fourth-order valence-electron chi connectivity index (χ4n) is 5.22. The molecular weight excluding hydrogens is 474 g/mol. The SMILES string of the molecule is COC(=O)CCCCCN(CCc1cccc2ccccc12)C(=O)CN1CCN(Cc2ccccc2)CC1. The molecule has 1 amide bonds. The number of fused-ring (bicyclic) bond motifs is 1. The first-order chi connectivity index (χ1) is 18.6. The highest BCUT2D eigenvalue weighted by atomic mass is 16.5. The third-order valence-corrected chi connectivity index (χ3v) is 7.49. The van der Waals surface area contributed by atoms with Gasteiger partial charge in [-0.15, -0.1) is 0 Å². The summed E-state index contributed by atoms with van der Waals surface area (Å²) in [5, 5.41) is 2.49. The summed E-state index contributed by atoms with van der Waals surface area (Å²) in [6.07, 6.45) is 3.86. The predicted molar refractivity (Wildman–Crippen MR) is 153 cm³/mol. The van der Waals surface area contributed by atoms with E-state index in [9.17, 15) is 9.59 Å². The first-order valence-corrected chi connectivity index (χ1v) is 13.9. The van der Waals surface area contributed by atoms with Crippen LogP contribution in [0.4, 0.5) is 0 Å². The molecule has 0 spiro atoms. The number of unbranched alkanes of at least 4 members (excludes halogenated alkanes) is 2. The molecule has 6 heteroatoms. The summed E-state index contributed by atoms with van der Waals surface area (Å²) in [4.78, 5) is 31.7. The number of piperazine rings is 1. The number of hydrogen-bond donors (Lipinski definition) is 0. The number of esters is 1. The molecule has 0 N–H and O–H groups in total. The van der Waals surface area contributed by atoms with Crippen molar-refractivity contribution in [1.82, 2.24) is 14.7 Å². The molecule has 3 aromatic carbocycles. The Kier molecular flexibility index (Phi) is 10.7. The Balaban J connectivity index is 1.31. The third kappa shape index (κ3) is 8.40. The summed E-state index contributed by atoms with van der Waals surface area (Å²) in [6.45, 7) is 6.64. The number of benzene rings is 3. The van der Waals surface area contributed by atoms with Gasteiger partial charge in [-0.25, -0.2) is 0 Å². The minimum absolute atomic E-state index is 0.166. The van der Waals surface area contributed by atoms with E-state index >= 15 is 0 Å². The smallest absolute Gasteiger partial charge is 0.305 e. The Labute approximate surface area is 227 Å². The monoisotopic (exact) mass is 515 g/mol. The molecule has 0 bridgehead atoms. The molecule has 0 atom stereocenters. The second kappa shape index (κ2) is 14.6. The fourth-order valence-corrected chi connectivity index (χ4v) is 5.22. The highest BCUT2D eigenvalue weighted by molar-refractivity contribution is 5.85. The van der Waals surface area contributed by atoms with Gasteiger partial charge in [-0.05, 0) is 41.2 Å². The van der Waals surface area contributed by atoms with Crippen LogP contribution in [0.1, 0.15) is 36.8 Å². The summed E-state index contributed by atoms with van der Waals surface area (Å²) in [6, 6.07) is 25.4. The zero-order valence-electron chi connectivity index (χ0n) is 22.7. The lowest BCUT2D eigenvalue weighted by Gasteiger charge is -2.35. The van der Waals surface area contributed by atoms with E-state index in [1.807, 2.05) is 4.90 Å². The van der Waals surface area contributed by atoms with Gasteiger partial charge in [0.15, 0.2) is 0 Å². The van der Waals surface area contributed by atoms with Crippen LogP contribution >= 0.6 is 0 Å². The van der Waals surface area contributed by atoms with Crippen molar-refractivity contribution >= 4 is 22.6 Å². The van der Waals surface area contributed by atoms with Gasteiger partial charge in [-0.3, -0.25) is 19.4 Å². The van der Waals surface area contributed by atoms with E-state index in [4.69, 9.17) is 4.74 Å². The van der Waals surface area contributed by atoms with Crippen LogP contribution in [0.15, 0.2) is 72.8 Å². The van der Waals surface area contributed by atoms with E-state index in [2.05, 4.69) is 82.6 Å². The molecule has 0 aromatic heterocycles. The minimum Gasteiger partial charge on any atom is -0.469 e. The maximum atomic E-state index is 13.5. The normalized spacial score (nSPS) is 14.4. The van der Waals surface area contributed by atoms with Gasteiger partial charge in [0, 0.05) is 52.2 Å². The summed E-state index contributed by atoms with van der Waals surface area (Å²) >= 11 is 0. The fraction of sp³-hybridized carbons (Fsp3) is 0.438. The average Bonchev–Trinajstić information content (AvgIpc) is 2.95. The van der Waals surface area contributed by atoms with Crippen molar-refractivity contribution in [2.24, 2.45) is 0 Å². The van der Waals surface area contributed by atoms with Crippen LogP contribution in [-0.2, 0) is 27.3 Å². The maximum absolute atomic E-state index is 13.5. The molecule has 38 heavy (non-hydrogen) atoms. The molecule has 1 saturated heterocycles. The number of rotatable bonds is 13. The number of methoxy groups -OCH3 is 1. The van der Waals surface area contributed by atoms with Gasteiger partial charge in [0.2, 0.25) is 5.91 Å². The van der Waals surface area contributed by atoms with Gasteiger partial charge >= 0.3 is 5.97 Å². The van der Waals surface area contributed by atoms with E-state index in [1.54, 1.807) is 0 Å². The average molecular weight is 516 g/mol. The second-order valence-corrected chi connectivity index (χ2v) is 10.2. The number of hydrogen-bond acceptors (Lipinski definition) is 5. The Morgan fingerprint density at radius 3 is 2.29 bits per heavy atom. The van der Waals surface area contributed by atoms with Crippen molar-refractivity contribution in [3.05, 3.63) is 83.9 Å². The van der Waals surface area contributed by atoms with Crippen LogP contribution in [0.3, 0.4) is 0 Å². The number of carbonyl (C=O) groups is 2. The van der Waals surface area contributed by atoms with Crippen LogP contribution in [0.5, 0.6) is 0 Å². The van der Waals surface area contributed by atoms with Crippen LogP contribution in [0, 0.1) is 0 Å². The summed E-state index contributed by atoms with van der Waals surface area (Å²) in [5.74, 6) is 0.0370. The Hall–Kier alpha value is -3.22. The highest BCUT2D eigenvalue weighted by Crippen LogP contribution is 2.19. The Morgan fingerprint density at radius 1 is 0.789 bits per heavy atom. The van der Waals surface area contributed by atoms with Gasteiger partial charge in [-0.1, -0.05) is 79.2 Å². The second-order valence-electron chi connectivity index (χ2n) is 10.2. The van der Waals surface area contributed by atoms with Gasteiger partial charge in [0.05, 0.1) is 13.7 Å². The van der Waals surface area contributed by atoms with Crippen molar-refractivity contribution in [3.8, 4) is 0 Å². The third-order valence-electron chi connectivity index (χ3n) is 7.49. The van der Waals surface area contributed by atoms with Gasteiger partial charge in [0.25, 0.3) is 0 Å². The molecule has 1 aliphatic rings. The van der Waals surface area contributed by atoms with Crippen molar-refractivity contribution in [2.75, 3.05) is 52.9 Å².